The van der Waals surface area contributed by atoms with E-state index >= 15 is 0 Å². The topological polar surface area (TPSA) is 111 Å². The van der Waals surface area contributed by atoms with E-state index < -0.39 is 11.9 Å². The zero-order valence-corrected chi connectivity index (χ0v) is 20.6. The molecule has 1 N–H and O–H groups in total. The number of methoxy groups -OCH3 is 1. The Balaban J connectivity index is 1.83. The highest BCUT2D eigenvalue weighted by Crippen LogP contribution is 2.35. The molecule has 0 aliphatic rings. The van der Waals surface area contributed by atoms with Crippen molar-refractivity contribution in [1.29, 1.82) is 5.26 Å². The van der Waals surface area contributed by atoms with Crippen LogP contribution in [0.5, 0.6) is 11.5 Å². The molecule has 0 saturated heterocycles. The number of anilines is 1. The van der Waals surface area contributed by atoms with Crippen LogP contribution in [0.2, 0.25) is 0 Å². The molecule has 0 aliphatic carbocycles. The van der Waals surface area contributed by atoms with E-state index in [1.54, 1.807) is 12.1 Å². The molecular weight excluding hydrogens is 547 g/mol. The molecule has 0 atom stereocenters. The Bertz CT molecular complexity index is 1310. The number of halogens is 1. The Kier molecular flexibility index (Phi) is 8.27. The summed E-state index contributed by atoms with van der Waals surface area (Å²) in [5, 5.41) is 23.1. The average Bonchev–Trinajstić information content (AvgIpc) is 2.82. The van der Waals surface area contributed by atoms with Crippen LogP contribution in [0.15, 0.2) is 66.2 Å². The number of rotatable bonds is 8. The smallest absolute Gasteiger partial charge is 0.266 e. The maximum absolute atomic E-state index is 12.6. The van der Waals surface area contributed by atoms with Gasteiger partial charge in [-0.05, 0) is 82.1 Å². The van der Waals surface area contributed by atoms with E-state index in [9.17, 15) is 20.0 Å². The monoisotopic (exact) mass is 567 g/mol. The lowest BCUT2D eigenvalue weighted by atomic mass is 10.1. The van der Waals surface area contributed by atoms with Crippen LogP contribution < -0.4 is 19.9 Å². The first-order valence-corrected chi connectivity index (χ1v) is 11.2. The lowest BCUT2D eigenvalue weighted by molar-refractivity contribution is -0.255. The van der Waals surface area contributed by atoms with E-state index in [-0.39, 0.29) is 16.8 Å². The summed E-state index contributed by atoms with van der Waals surface area (Å²) < 4.78 is 12.3. The summed E-state index contributed by atoms with van der Waals surface area (Å²) in [5.41, 5.74) is 2.73. The van der Waals surface area contributed by atoms with Gasteiger partial charge >= 0.3 is 0 Å². The fourth-order valence-electron chi connectivity index (χ4n) is 3.12. The molecule has 8 heteroatoms. The van der Waals surface area contributed by atoms with Crippen molar-refractivity contribution in [3.8, 4) is 17.6 Å². The number of hydrogen-bond donors (Lipinski definition) is 1. The van der Waals surface area contributed by atoms with Crippen LogP contribution in [0.25, 0.3) is 6.08 Å². The van der Waals surface area contributed by atoms with E-state index in [0.717, 1.165) is 14.7 Å². The highest BCUT2D eigenvalue weighted by Gasteiger charge is 2.15. The molecule has 0 aromatic heterocycles. The number of aryl methyl sites for hydroxylation is 1. The molecule has 0 aliphatic heterocycles. The Morgan fingerprint density at radius 2 is 1.91 bits per heavy atom. The first-order valence-electron chi connectivity index (χ1n) is 10.1. The fraction of sp³-hybridized carbons (Fsp3) is 0.115. The molecule has 0 spiro atoms. The van der Waals surface area contributed by atoms with Gasteiger partial charge in [0.1, 0.15) is 18.2 Å². The Hall–Kier alpha value is -3.84. The van der Waals surface area contributed by atoms with Gasteiger partial charge in [0.2, 0.25) is 0 Å². The summed E-state index contributed by atoms with van der Waals surface area (Å²) in [6.07, 6.45) is 1.42. The lowest BCUT2D eigenvalue weighted by Crippen LogP contribution is -2.22. The van der Waals surface area contributed by atoms with Crippen LogP contribution in [0.1, 0.15) is 27.0 Å². The molecule has 0 unspecified atom stereocenters. The van der Waals surface area contributed by atoms with Crippen LogP contribution in [-0.4, -0.2) is 19.0 Å². The molecule has 3 aromatic rings. The Morgan fingerprint density at radius 1 is 1.15 bits per heavy atom. The third-order valence-corrected chi connectivity index (χ3v) is 5.72. The van der Waals surface area contributed by atoms with Crippen molar-refractivity contribution in [2.24, 2.45) is 0 Å². The molecular formula is C26H20IN2O5-. The Morgan fingerprint density at radius 3 is 2.59 bits per heavy atom. The van der Waals surface area contributed by atoms with Gasteiger partial charge in [0, 0.05) is 5.69 Å². The second kappa shape index (κ2) is 11.3. The van der Waals surface area contributed by atoms with Gasteiger partial charge in [-0.3, -0.25) is 4.79 Å². The number of ether oxygens (including phenoxy) is 2. The standard InChI is InChI=1S/C26H21IN2O5/c1-16-6-3-4-7-19(16)15-34-24-22(27)11-17(12-23(24)33-2)10-20(14-28)25(30)29-21-9-5-8-18(13-21)26(31)32/h3-13H,15H2,1-2H3,(H,29,30)(H,31,32)/p-1/b20-10+. The maximum atomic E-state index is 12.6. The predicted molar refractivity (Wildman–Crippen MR) is 134 cm³/mol. The summed E-state index contributed by atoms with van der Waals surface area (Å²) in [7, 11) is 1.52. The molecule has 0 radical (unpaired) electrons. The van der Waals surface area contributed by atoms with E-state index in [2.05, 4.69) is 27.9 Å². The van der Waals surface area contributed by atoms with Gasteiger partial charge < -0.3 is 24.7 Å². The lowest BCUT2D eigenvalue weighted by Gasteiger charge is -2.15. The fourth-order valence-corrected chi connectivity index (χ4v) is 3.90. The van der Waals surface area contributed by atoms with Gasteiger partial charge in [0.05, 0.1) is 16.6 Å². The number of carboxylic acid groups (broad SMARTS) is 1. The van der Waals surface area contributed by atoms with Crippen molar-refractivity contribution >= 4 is 46.2 Å². The molecule has 172 valence electrons. The van der Waals surface area contributed by atoms with Crippen LogP contribution >= 0.6 is 22.6 Å². The predicted octanol–water partition coefficient (Wildman–Crippen LogP) is 4.10. The summed E-state index contributed by atoms with van der Waals surface area (Å²) in [6.45, 7) is 2.38. The second-order valence-electron chi connectivity index (χ2n) is 7.24. The zero-order valence-electron chi connectivity index (χ0n) is 18.4. The van der Waals surface area contributed by atoms with Gasteiger partial charge in [-0.25, -0.2) is 0 Å². The number of amides is 1. The number of nitrogens with one attached hydrogen (secondary N) is 1. The van der Waals surface area contributed by atoms with Gasteiger partial charge in [0.25, 0.3) is 5.91 Å². The summed E-state index contributed by atoms with van der Waals surface area (Å²) in [6, 6.07) is 18.9. The molecule has 1 amide bonds. The number of nitriles is 1. The third-order valence-electron chi connectivity index (χ3n) is 4.92. The summed E-state index contributed by atoms with van der Waals surface area (Å²) in [5.74, 6) is -1.01. The molecule has 0 fully saturated rings. The van der Waals surface area contributed by atoms with Crippen LogP contribution in [-0.2, 0) is 11.4 Å². The van der Waals surface area contributed by atoms with Crippen LogP contribution in [0, 0.1) is 21.8 Å². The maximum Gasteiger partial charge on any atom is 0.266 e. The van der Waals surface area contributed by atoms with Crippen molar-refractivity contribution in [3.05, 3.63) is 92.1 Å². The number of hydrogen-bond acceptors (Lipinski definition) is 6. The van der Waals surface area contributed by atoms with E-state index in [1.165, 1.54) is 37.5 Å². The number of carbonyl (C=O) groups excluding carboxylic acids is 2. The second-order valence-corrected chi connectivity index (χ2v) is 8.40. The van der Waals surface area contributed by atoms with Crippen molar-refractivity contribution < 1.29 is 24.2 Å². The van der Waals surface area contributed by atoms with Crippen molar-refractivity contribution in [2.75, 3.05) is 12.4 Å². The summed E-state index contributed by atoms with van der Waals surface area (Å²) in [4.78, 5) is 23.6. The van der Waals surface area contributed by atoms with Gasteiger partial charge in [-0.2, -0.15) is 5.26 Å². The molecule has 3 aromatic carbocycles. The minimum atomic E-state index is -1.36. The normalized spacial score (nSPS) is 10.8. The number of aromatic carboxylic acids is 1. The highest BCUT2D eigenvalue weighted by molar-refractivity contribution is 14.1. The third kappa shape index (κ3) is 6.14. The SMILES string of the molecule is COc1cc(/C=C(\C#N)C(=O)Nc2cccc(C(=O)[O-])c2)cc(I)c1OCc1ccccc1C. The first kappa shape index (κ1) is 24.8. The quantitative estimate of drug-likeness (QED) is 0.249. The zero-order chi connectivity index (χ0) is 24.7. The molecule has 0 heterocycles. The van der Waals surface area contributed by atoms with Crippen molar-refractivity contribution in [1.82, 2.24) is 0 Å². The number of benzene rings is 3. The van der Waals surface area contributed by atoms with E-state index in [4.69, 9.17) is 9.47 Å². The van der Waals surface area contributed by atoms with Gasteiger partial charge in [-0.15, -0.1) is 0 Å². The minimum absolute atomic E-state index is 0.0825. The summed E-state index contributed by atoms with van der Waals surface area (Å²) >= 11 is 2.11. The van der Waals surface area contributed by atoms with Crippen molar-refractivity contribution in [3.63, 3.8) is 0 Å². The largest absolute Gasteiger partial charge is 0.545 e. The molecule has 34 heavy (non-hydrogen) atoms. The molecule has 3 rings (SSSR count). The molecule has 0 saturated carbocycles. The molecule has 7 nitrogen and oxygen atoms in total. The van der Waals surface area contributed by atoms with E-state index in [0.29, 0.717) is 23.7 Å². The molecule has 0 bridgehead atoms. The number of carbonyl (C=O) groups is 2. The van der Waals surface area contributed by atoms with Gasteiger partial charge in [-0.1, -0.05) is 36.4 Å². The average molecular weight is 567 g/mol. The first-order chi connectivity index (χ1) is 16.3. The highest BCUT2D eigenvalue weighted by atomic mass is 127. The number of carboxylic acids is 1. The van der Waals surface area contributed by atoms with Crippen molar-refractivity contribution in [2.45, 2.75) is 13.5 Å². The Labute approximate surface area is 210 Å². The van der Waals surface area contributed by atoms with Crippen LogP contribution in [0.3, 0.4) is 0 Å². The van der Waals surface area contributed by atoms with Crippen LogP contribution in [0.4, 0.5) is 5.69 Å². The van der Waals surface area contributed by atoms with Gasteiger partial charge in [0.15, 0.2) is 11.5 Å². The number of nitrogens with zero attached hydrogens (tertiary/aromatic N) is 1. The minimum Gasteiger partial charge on any atom is -0.545 e. The van der Waals surface area contributed by atoms with E-state index in [1.807, 2.05) is 37.3 Å².